The number of esters is 1. The Morgan fingerprint density at radius 1 is 1.18 bits per heavy atom. The Balaban J connectivity index is 1.90. The SMILES string of the molecule is COC(=O)CC(NC(=O)c1ccc(OC)c(S(=O)(=O)N2CC(C)CC(C)C2)c1)c1cccs1. The first-order valence-electron chi connectivity index (χ1n) is 10.7. The molecule has 2 aromatic rings. The molecule has 1 aromatic carbocycles. The first-order valence-corrected chi connectivity index (χ1v) is 13.1. The number of nitrogens with zero attached hydrogens (tertiary/aromatic N) is 1. The fraction of sp³-hybridized carbons (Fsp3) is 0.478. The number of nitrogens with one attached hydrogen (secondary N) is 1. The lowest BCUT2D eigenvalue weighted by Crippen LogP contribution is -2.42. The molecule has 2 heterocycles. The number of carbonyl (C=O) groups is 2. The Kier molecular flexibility index (Phi) is 8.14. The lowest BCUT2D eigenvalue weighted by Gasteiger charge is -2.34. The van der Waals surface area contributed by atoms with Gasteiger partial charge in [-0.25, -0.2) is 8.42 Å². The molecule has 0 aliphatic carbocycles. The minimum Gasteiger partial charge on any atom is -0.495 e. The number of rotatable bonds is 8. The van der Waals surface area contributed by atoms with Crippen LogP contribution in [0.15, 0.2) is 40.6 Å². The number of hydrogen-bond donors (Lipinski definition) is 1. The number of hydrogen-bond acceptors (Lipinski definition) is 7. The average molecular weight is 495 g/mol. The smallest absolute Gasteiger partial charge is 0.307 e. The lowest BCUT2D eigenvalue weighted by atomic mass is 9.94. The fourth-order valence-electron chi connectivity index (χ4n) is 4.16. The second kappa shape index (κ2) is 10.7. The highest BCUT2D eigenvalue weighted by Gasteiger charge is 2.34. The first kappa shape index (κ1) is 25.2. The van der Waals surface area contributed by atoms with E-state index in [0.29, 0.717) is 13.1 Å². The number of ether oxygens (including phenoxy) is 2. The molecule has 1 saturated heterocycles. The van der Waals surface area contributed by atoms with Crippen LogP contribution in [-0.4, -0.2) is 51.9 Å². The molecule has 3 rings (SSSR count). The third-order valence-electron chi connectivity index (χ3n) is 5.67. The molecule has 0 saturated carbocycles. The van der Waals surface area contributed by atoms with E-state index in [-0.39, 0.29) is 34.5 Å². The van der Waals surface area contributed by atoms with Crippen molar-refractivity contribution in [3.63, 3.8) is 0 Å². The van der Waals surface area contributed by atoms with E-state index in [4.69, 9.17) is 9.47 Å². The highest BCUT2D eigenvalue weighted by atomic mass is 32.2. The molecular weight excluding hydrogens is 464 g/mol. The molecule has 1 aromatic heterocycles. The van der Waals surface area contributed by atoms with E-state index >= 15 is 0 Å². The standard InChI is InChI=1S/C23H30N2O6S2/c1-15-10-16(2)14-25(13-15)33(28,29)21-11-17(7-8-19(21)30-3)23(27)24-18(12-22(26)31-4)20-6-5-9-32-20/h5-9,11,15-16,18H,10,12-14H2,1-4H3,(H,24,27). The highest BCUT2D eigenvalue weighted by molar-refractivity contribution is 7.89. The van der Waals surface area contributed by atoms with Crippen molar-refractivity contribution in [1.82, 2.24) is 9.62 Å². The maximum atomic E-state index is 13.5. The molecule has 1 fully saturated rings. The van der Waals surface area contributed by atoms with Crippen LogP contribution >= 0.6 is 11.3 Å². The summed E-state index contributed by atoms with van der Waals surface area (Å²) in [7, 11) is -1.17. The van der Waals surface area contributed by atoms with Gasteiger partial charge in [0, 0.05) is 23.5 Å². The van der Waals surface area contributed by atoms with Crippen LogP contribution < -0.4 is 10.1 Å². The van der Waals surface area contributed by atoms with Crippen molar-refractivity contribution >= 4 is 33.2 Å². The highest BCUT2D eigenvalue weighted by Crippen LogP contribution is 2.32. The molecule has 3 unspecified atom stereocenters. The van der Waals surface area contributed by atoms with Gasteiger partial charge in [-0.3, -0.25) is 9.59 Å². The summed E-state index contributed by atoms with van der Waals surface area (Å²) < 4.78 is 38.5. The molecule has 180 valence electrons. The summed E-state index contributed by atoms with van der Waals surface area (Å²) in [6, 6.07) is 7.40. The third kappa shape index (κ3) is 5.93. The van der Waals surface area contributed by atoms with Crippen LogP contribution in [0.4, 0.5) is 0 Å². The molecule has 1 N–H and O–H groups in total. The maximum Gasteiger partial charge on any atom is 0.307 e. The van der Waals surface area contributed by atoms with Crippen LogP contribution in [0.25, 0.3) is 0 Å². The van der Waals surface area contributed by atoms with Gasteiger partial charge in [-0.15, -0.1) is 11.3 Å². The van der Waals surface area contributed by atoms with E-state index < -0.39 is 27.9 Å². The van der Waals surface area contributed by atoms with Crippen LogP contribution in [0.3, 0.4) is 0 Å². The normalized spacial score (nSPS) is 20.1. The topological polar surface area (TPSA) is 102 Å². The molecule has 3 atom stereocenters. The van der Waals surface area contributed by atoms with Crippen molar-refractivity contribution < 1.29 is 27.5 Å². The second-order valence-electron chi connectivity index (χ2n) is 8.46. The van der Waals surface area contributed by atoms with Gasteiger partial charge >= 0.3 is 5.97 Å². The average Bonchev–Trinajstić information content (AvgIpc) is 3.32. The molecule has 0 radical (unpaired) electrons. The zero-order chi connectivity index (χ0) is 24.2. The summed E-state index contributed by atoms with van der Waals surface area (Å²) in [5.74, 6) is -0.282. The van der Waals surface area contributed by atoms with Crippen LogP contribution in [0.5, 0.6) is 5.75 Å². The van der Waals surface area contributed by atoms with Gasteiger partial charge in [0.25, 0.3) is 5.91 Å². The van der Waals surface area contributed by atoms with Crippen LogP contribution in [-0.2, 0) is 19.6 Å². The maximum absolute atomic E-state index is 13.5. The molecule has 33 heavy (non-hydrogen) atoms. The quantitative estimate of drug-likeness (QED) is 0.564. The summed E-state index contributed by atoms with van der Waals surface area (Å²) in [5, 5.41) is 4.68. The molecule has 0 spiro atoms. The van der Waals surface area contributed by atoms with Crippen molar-refractivity contribution in [2.45, 2.75) is 37.6 Å². The van der Waals surface area contributed by atoms with E-state index in [2.05, 4.69) is 5.32 Å². The number of piperidine rings is 1. The molecule has 8 nitrogen and oxygen atoms in total. The molecule has 0 bridgehead atoms. The van der Waals surface area contributed by atoms with E-state index in [1.54, 1.807) is 0 Å². The van der Waals surface area contributed by atoms with Crippen LogP contribution in [0.1, 0.15) is 48.0 Å². The van der Waals surface area contributed by atoms with Gasteiger partial charge in [-0.05, 0) is 47.9 Å². The van der Waals surface area contributed by atoms with Crippen molar-refractivity contribution in [3.05, 3.63) is 46.2 Å². The van der Waals surface area contributed by atoms with Crippen LogP contribution in [0.2, 0.25) is 0 Å². The van der Waals surface area contributed by atoms with Gasteiger partial charge < -0.3 is 14.8 Å². The zero-order valence-corrected chi connectivity index (χ0v) is 20.9. The Labute approximate surface area is 198 Å². The number of thiophene rings is 1. The van der Waals surface area contributed by atoms with E-state index in [9.17, 15) is 18.0 Å². The van der Waals surface area contributed by atoms with Gasteiger partial charge in [0.2, 0.25) is 10.0 Å². The second-order valence-corrected chi connectivity index (χ2v) is 11.3. The minimum atomic E-state index is -3.86. The number of sulfonamides is 1. The fourth-order valence-corrected chi connectivity index (χ4v) is 6.80. The molecule has 1 aliphatic heterocycles. The van der Waals surface area contributed by atoms with Gasteiger partial charge in [0.15, 0.2) is 0 Å². The number of amides is 1. The van der Waals surface area contributed by atoms with Gasteiger partial charge in [0.1, 0.15) is 10.6 Å². The Morgan fingerprint density at radius 3 is 2.45 bits per heavy atom. The largest absolute Gasteiger partial charge is 0.495 e. The number of benzene rings is 1. The monoisotopic (exact) mass is 494 g/mol. The van der Waals surface area contributed by atoms with Gasteiger partial charge in [-0.1, -0.05) is 19.9 Å². The molecule has 10 heteroatoms. The Hall–Kier alpha value is -2.43. The summed E-state index contributed by atoms with van der Waals surface area (Å²) in [5.41, 5.74) is 0.166. The van der Waals surface area contributed by atoms with Crippen molar-refractivity contribution in [1.29, 1.82) is 0 Å². The molecule has 1 aliphatic rings. The third-order valence-corrected chi connectivity index (χ3v) is 8.51. The van der Waals surface area contributed by atoms with Crippen molar-refractivity contribution in [2.75, 3.05) is 27.3 Å². The number of methoxy groups -OCH3 is 2. The summed E-state index contributed by atoms with van der Waals surface area (Å²) in [6.07, 6.45) is 0.934. The van der Waals surface area contributed by atoms with Gasteiger partial charge in [0.05, 0.1) is 26.7 Å². The Bertz CT molecular complexity index is 1070. The molecule has 1 amide bonds. The van der Waals surface area contributed by atoms with E-state index in [1.807, 2.05) is 31.4 Å². The zero-order valence-electron chi connectivity index (χ0n) is 19.2. The lowest BCUT2D eigenvalue weighted by molar-refractivity contribution is -0.141. The van der Waals surface area contributed by atoms with Crippen LogP contribution in [0, 0.1) is 11.8 Å². The van der Waals surface area contributed by atoms with Crippen molar-refractivity contribution in [3.8, 4) is 5.75 Å². The summed E-state index contributed by atoms with van der Waals surface area (Å²) in [6.45, 7) is 4.91. The van der Waals surface area contributed by atoms with Crippen molar-refractivity contribution in [2.24, 2.45) is 11.8 Å². The summed E-state index contributed by atoms with van der Waals surface area (Å²) in [4.78, 5) is 25.7. The van der Waals surface area contributed by atoms with Gasteiger partial charge in [-0.2, -0.15) is 4.31 Å². The Morgan fingerprint density at radius 2 is 1.88 bits per heavy atom. The predicted octanol–water partition coefficient (Wildman–Crippen LogP) is 3.46. The predicted molar refractivity (Wildman–Crippen MR) is 126 cm³/mol. The van der Waals surface area contributed by atoms with E-state index in [0.717, 1.165) is 11.3 Å². The number of carbonyl (C=O) groups excluding carboxylic acids is 2. The van der Waals surface area contributed by atoms with E-state index in [1.165, 1.54) is 48.1 Å². The molecular formula is C23H30N2O6S2. The minimum absolute atomic E-state index is 0.0341. The first-order chi connectivity index (χ1) is 15.6. The summed E-state index contributed by atoms with van der Waals surface area (Å²) >= 11 is 1.41.